The Bertz CT molecular complexity index is 698. The lowest BCUT2D eigenvalue weighted by Crippen LogP contribution is -2.27. The lowest BCUT2D eigenvalue weighted by molar-refractivity contribution is 0.00676. The molecule has 0 amide bonds. The van der Waals surface area contributed by atoms with Crippen LogP contribution in [0.4, 0.5) is 0 Å². The summed E-state index contributed by atoms with van der Waals surface area (Å²) in [7, 11) is 0. The second kappa shape index (κ2) is 6.46. The van der Waals surface area contributed by atoms with Crippen LogP contribution >= 0.6 is 11.3 Å². The molecule has 0 spiro atoms. The minimum Gasteiger partial charge on any atom is -0.456 e. The third-order valence-electron chi connectivity index (χ3n) is 2.93. The summed E-state index contributed by atoms with van der Waals surface area (Å²) in [6.45, 7) is 5.22. The maximum absolute atomic E-state index is 12.0. The Labute approximate surface area is 132 Å². The van der Waals surface area contributed by atoms with Gasteiger partial charge in [-0.25, -0.2) is 4.79 Å². The minimum atomic E-state index is -0.686. The van der Waals surface area contributed by atoms with Gasteiger partial charge in [-0.2, -0.15) is 11.3 Å². The number of esters is 1. The molecule has 0 aliphatic carbocycles. The highest BCUT2D eigenvalue weighted by molar-refractivity contribution is 7.07. The number of aliphatic hydroxyl groups is 1. The first-order valence-corrected chi connectivity index (χ1v) is 7.85. The number of carbonyl (C=O) groups is 1. The van der Waals surface area contributed by atoms with Gasteiger partial charge < -0.3 is 14.8 Å². The Morgan fingerprint density at radius 2 is 2.18 bits per heavy atom. The highest BCUT2D eigenvalue weighted by Gasteiger charge is 2.20. The molecule has 1 unspecified atom stereocenters. The fourth-order valence-electron chi connectivity index (χ4n) is 1.91. The zero-order chi connectivity index (χ0) is 16.3. The van der Waals surface area contributed by atoms with Crippen molar-refractivity contribution in [1.29, 1.82) is 0 Å². The van der Waals surface area contributed by atoms with E-state index in [9.17, 15) is 14.7 Å². The third kappa shape index (κ3) is 4.29. The average molecular weight is 321 g/mol. The van der Waals surface area contributed by atoms with Crippen molar-refractivity contribution in [2.24, 2.45) is 0 Å². The zero-order valence-corrected chi connectivity index (χ0v) is 13.6. The van der Waals surface area contributed by atoms with Crippen molar-refractivity contribution >= 4 is 17.3 Å². The predicted molar refractivity (Wildman–Crippen MR) is 85.2 cm³/mol. The molecule has 0 fully saturated rings. The van der Waals surface area contributed by atoms with Crippen molar-refractivity contribution in [3.8, 4) is 0 Å². The number of carbonyl (C=O) groups excluding carboxylic acids is 1. The molecule has 0 saturated heterocycles. The summed E-state index contributed by atoms with van der Waals surface area (Å²) in [6, 6.07) is 3.16. The van der Waals surface area contributed by atoms with Crippen LogP contribution in [-0.2, 0) is 11.2 Å². The molecule has 2 aromatic heterocycles. The smallest absolute Gasteiger partial charge is 0.344 e. The minimum absolute atomic E-state index is 0.0382. The highest BCUT2D eigenvalue weighted by Crippen LogP contribution is 2.19. The summed E-state index contributed by atoms with van der Waals surface area (Å²) in [4.78, 5) is 26.8. The standard InChI is InChI=1S/C16H19NO4S/c1-16(2,3)21-15(20)12-8-17-11(7-14(12)19)6-13(18)10-4-5-22-9-10/h4-5,7-9,13,18H,6H2,1-3H3,(H,17,19). The predicted octanol–water partition coefficient (Wildman–Crippen LogP) is 2.67. The number of hydrogen-bond acceptors (Lipinski definition) is 5. The molecule has 5 nitrogen and oxygen atoms in total. The number of thiophene rings is 1. The Kier molecular flexibility index (Phi) is 4.83. The maximum Gasteiger partial charge on any atom is 0.344 e. The topological polar surface area (TPSA) is 79.4 Å². The van der Waals surface area contributed by atoms with E-state index in [1.54, 1.807) is 20.8 Å². The molecule has 1 atom stereocenters. The number of aromatic nitrogens is 1. The van der Waals surface area contributed by atoms with Gasteiger partial charge in [-0.05, 0) is 43.2 Å². The van der Waals surface area contributed by atoms with E-state index in [2.05, 4.69) is 4.98 Å². The zero-order valence-electron chi connectivity index (χ0n) is 12.8. The van der Waals surface area contributed by atoms with Gasteiger partial charge >= 0.3 is 5.97 Å². The van der Waals surface area contributed by atoms with Crippen LogP contribution in [0.1, 0.15) is 48.5 Å². The Morgan fingerprint density at radius 1 is 1.45 bits per heavy atom. The van der Waals surface area contributed by atoms with E-state index in [0.717, 1.165) is 5.56 Å². The summed E-state index contributed by atoms with van der Waals surface area (Å²) in [5, 5.41) is 13.8. The summed E-state index contributed by atoms with van der Waals surface area (Å²) in [5.74, 6) is -0.654. The van der Waals surface area contributed by atoms with Crippen molar-refractivity contribution in [3.05, 3.63) is 56.1 Å². The van der Waals surface area contributed by atoms with E-state index < -0.39 is 23.1 Å². The molecule has 118 valence electrons. The number of nitrogens with one attached hydrogen (secondary N) is 1. The maximum atomic E-state index is 12.0. The molecule has 0 bridgehead atoms. The molecule has 0 radical (unpaired) electrons. The number of H-pyrrole nitrogens is 1. The van der Waals surface area contributed by atoms with Gasteiger partial charge in [0.1, 0.15) is 11.2 Å². The molecular formula is C16H19NO4S. The fourth-order valence-corrected chi connectivity index (χ4v) is 2.62. The van der Waals surface area contributed by atoms with Crippen molar-refractivity contribution < 1.29 is 14.6 Å². The van der Waals surface area contributed by atoms with Gasteiger partial charge in [0.2, 0.25) is 0 Å². The van der Waals surface area contributed by atoms with Gasteiger partial charge in [0.05, 0.1) is 6.10 Å². The van der Waals surface area contributed by atoms with Crippen molar-refractivity contribution in [2.45, 2.75) is 38.9 Å². The normalized spacial score (nSPS) is 12.9. The summed E-state index contributed by atoms with van der Waals surface area (Å²) in [5.41, 5.74) is 0.263. The SMILES string of the molecule is CC(C)(C)OC(=O)c1c[nH]c(CC(O)c2ccsc2)cc1=O. The van der Waals surface area contributed by atoms with Crippen LogP contribution < -0.4 is 5.43 Å². The summed E-state index contributed by atoms with van der Waals surface area (Å²) >= 11 is 1.50. The quantitative estimate of drug-likeness (QED) is 0.849. The molecule has 6 heteroatoms. The number of pyridine rings is 1. The number of aliphatic hydroxyl groups excluding tert-OH is 1. The van der Waals surface area contributed by atoms with Crippen molar-refractivity contribution in [3.63, 3.8) is 0 Å². The van der Waals surface area contributed by atoms with Crippen LogP contribution in [-0.4, -0.2) is 21.7 Å². The van der Waals surface area contributed by atoms with E-state index in [4.69, 9.17) is 4.74 Å². The van der Waals surface area contributed by atoms with Crippen LogP contribution in [0, 0.1) is 0 Å². The second-order valence-electron chi connectivity index (χ2n) is 6.01. The molecule has 2 heterocycles. The van der Waals surface area contributed by atoms with Crippen LogP contribution in [0.25, 0.3) is 0 Å². The lowest BCUT2D eigenvalue weighted by Gasteiger charge is -2.19. The Hall–Kier alpha value is -1.92. The van der Waals surface area contributed by atoms with Crippen LogP contribution in [0.15, 0.2) is 33.9 Å². The largest absolute Gasteiger partial charge is 0.456 e. The molecular weight excluding hydrogens is 302 g/mol. The summed E-state index contributed by atoms with van der Waals surface area (Å²) < 4.78 is 5.18. The molecule has 0 aromatic carbocycles. The summed E-state index contributed by atoms with van der Waals surface area (Å²) in [6.07, 6.45) is 0.932. The van der Waals surface area contributed by atoms with Gasteiger partial charge in [0, 0.05) is 24.4 Å². The van der Waals surface area contributed by atoms with E-state index in [-0.39, 0.29) is 12.0 Å². The molecule has 2 rings (SSSR count). The van der Waals surface area contributed by atoms with E-state index in [1.807, 2.05) is 16.8 Å². The van der Waals surface area contributed by atoms with Gasteiger partial charge in [-0.15, -0.1) is 0 Å². The monoisotopic (exact) mass is 321 g/mol. The molecule has 2 aromatic rings. The number of ether oxygens (including phenoxy) is 1. The first-order chi connectivity index (χ1) is 10.3. The number of hydrogen-bond donors (Lipinski definition) is 2. The van der Waals surface area contributed by atoms with Gasteiger partial charge in [0.25, 0.3) is 0 Å². The molecule has 0 aliphatic rings. The Balaban J connectivity index is 2.13. The second-order valence-corrected chi connectivity index (χ2v) is 6.79. The number of rotatable bonds is 4. The Morgan fingerprint density at radius 3 is 2.73 bits per heavy atom. The van der Waals surface area contributed by atoms with E-state index >= 15 is 0 Å². The first kappa shape index (κ1) is 16.5. The van der Waals surface area contributed by atoms with Crippen molar-refractivity contribution in [2.75, 3.05) is 0 Å². The highest BCUT2D eigenvalue weighted by atomic mass is 32.1. The third-order valence-corrected chi connectivity index (χ3v) is 3.63. The van der Waals surface area contributed by atoms with Crippen LogP contribution in [0.5, 0.6) is 0 Å². The van der Waals surface area contributed by atoms with Crippen LogP contribution in [0.2, 0.25) is 0 Å². The fraction of sp³-hybridized carbons (Fsp3) is 0.375. The van der Waals surface area contributed by atoms with Gasteiger partial charge in [-0.3, -0.25) is 4.79 Å². The molecule has 22 heavy (non-hydrogen) atoms. The van der Waals surface area contributed by atoms with E-state index in [1.165, 1.54) is 23.6 Å². The molecule has 0 aliphatic heterocycles. The average Bonchev–Trinajstić information content (AvgIpc) is 2.90. The molecule has 2 N–H and O–H groups in total. The number of aromatic amines is 1. The van der Waals surface area contributed by atoms with Gasteiger partial charge in [-0.1, -0.05) is 0 Å². The lowest BCUT2D eigenvalue weighted by atomic mass is 10.1. The first-order valence-electron chi connectivity index (χ1n) is 6.91. The van der Waals surface area contributed by atoms with Gasteiger partial charge in [0.15, 0.2) is 5.43 Å². The van der Waals surface area contributed by atoms with Crippen molar-refractivity contribution in [1.82, 2.24) is 4.98 Å². The molecule has 0 saturated carbocycles. The van der Waals surface area contributed by atoms with E-state index in [0.29, 0.717) is 5.69 Å². The van der Waals surface area contributed by atoms with Crippen LogP contribution in [0.3, 0.4) is 0 Å².